The quantitative estimate of drug-likeness (QED) is 0.395. The van der Waals surface area contributed by atoms with Crippen molar-refractivity contribution in [3.8, 4) is 0 Å². The van der Waals surface area contributed by atoms with Crippen LogP contribution in [0.5, 0.6) is 0 Å². The SMILES string of the molecule is Cc1ccc(CN(Cc2ccc(F)cc2)C(=O)CN(C[C@@H]2CCCO2)S(=O)(=O)c2ccccc2)s1. The molecule has 186 valence electrons. The summed E-state index contributed by atoms with van der Waals surface area (Å²) in [6.07, 6.45) is 1.38. The van der Waals surface area contributed by atoms with Gasteiger partial charge < -0.3 is 9.64 Å². The lowest BCUT2D eigenvalue weighted by atomic mass is 10.2. The fourth-order valence-electron chi connectivity index (χ4n) is 4.06. The normalized spacial score (nSPS) is 16.0. The molecule has 2 aromatic carbocycles. The lowest BCUT2D eigenvalue weighted by Crippen LogP contribution is -2.45. The van der Waals surface area contributed by atoms with Crippen molar-refractivity contribution < 1.29 is 22.3 Å². The minimum absolute atomic E-state index is 0.117. The monoisotopic (exact) mass is 516 g/mol. The number of sulfonamides is 1. The van der Waals surface area contributed by atoms with E-state index >= 15 is 0 Å². The van der Waals surface area contributed by atoms with E-state index in [-0.39, 0.29) is 42.4 Å². The van der Waals surface area contributed by atoms with Crippen LogP contribution in [0.4, 0.5) is 4.39 Å². The van der Waals surface area contributed by atoms with Crippen molar-refractivity contribution in [3.63, 3.8) is 0 Å². The number of halogens is 1. The van der Waals surface area contributed by atoms with Crippen LogP contribution in [-0.4, -0.2) is 49.3 Å². The molecule has 0 unspecified atom stereocenters. The zero-order valence-electron chi connectivity index (χ0n) is 19.6. The van der Waals surface area contributed by atoms with Gasteiger partial charge in [0.05, 0.1) is 24.1 Å². The molecule has 1 fully saturated rings. The molecule has 6 nitrogen and oxygen atoms in total. The molecule has 0 radical (unpaired) electrons. The molecule has 1 atom stereocenters. The molecule has 1 aliphatic rings. The Morgan fingerprint density at radius 2 is 1.80 bits per heavy atom. The van der Waals surface area contributed by atoms with Crippen LogP contribution < -0.4 is 0 Å². The summed E-state index contributed by atoms with van der Waals surface area (Å²) in [4.78, 5) is 17.5. The average Bonchev–Trinajstić information content (AvgIpc) is 3.51. The van der Waals surface area contributed by atoms with Crippen LogP contribution >= 0.6 is 11.3 Å². The highest BCUT2D eigenvalue weighted by molar-refractivity contribution is 7.89. The van der Waals surface area contributed by atoms with Crippen molar-refractivity contribution in [2.24, 2.45) is 0 Å². The Morgan fingerprint density at radius 1 is 1.06 bits per heavy atom. The van der Waals surface area contributed by atoms with Gasteiger partial charge in [-0.2, -0.15) is 4.31 Å². The van der Waals surface area contributed by atoms with Gasteiger partial charge in [0, 0.05) is 29.5 Å². The van der Waals surface area contributed by atoms with Crippen molar-refractivity contribution >= 4 is 27.3 Å². The van der Waals surface area contributed by atoms with E-state index in [0.717, 1.165) is 28.2 Å². The number of ether oxygens (including phenoxy) is 1. The first-order valence-electron chi connectivity index (χ1n) is 11.6. The molecule has 0 N–H and O–H groups in total. The van der Waals surface area contributed by atoms with Gasteiger partial charge in [0.15, 0.2) is 0 Å². The highest BCUT2D eigenvalue weighted by Crippen LogP contribution is 2.22. The molecule has 0 saturated carbocycles. The molecular formula is C26H29FN2O4S2. The minimum atomic E-state index is -3.91. The number of rotatable bonds is 10. The van der Waals surface area contributed by atoms with E-state index in [9.17, 15) is 17.6 Å². The Labute approximate surface area is 210 Å². The Hall–Kier alpha value is -2.59. The second-order valence-corrected chi connectivity index (χ2v) is 11.9. The van der Waals surface area contributed by atoms with Gasteiger partial charge in [-0.1, -0.05) is 30.3 Å². The number of benzene rings is 2. The van der Waals surface area contributed by atoms with Crippen LogP contribution in [0.25, 0.3) is 0 Å². The van der Waals surface area contributed by atoms with Gasteiger partial charge >= 0.3 is 0 Å². The second kappa shape index (κ2) is 11.4. The number of hydrogen-bond acceptors (Lipinski definition) is 5. The van der Waals surface area contributed by atoms with Crippen molar-refractivity contribution in [2.45, 2.75) is 43.9 Å². The summed E-state index contributed by atoms with van der Waals surface area (Å²) in [6, 6.07) is 18.1. The van der Waals surface area contributed by atoms with Crippen LogP contribution in [0.1, 0.15) is 28.2 Å². The number of carbonyl (C=O) groups is 1. The first-order valence-corrected chi connectivity index (χ1v) is 13.8. The maximum absolute atomic E-state index is 13.6. The highest BCUT2D eigenvalue weighted by atomic mass is 32.2. The third kappa shape index (κ3) is 6.76. The minimum Gasteiger partial charge on any atom is -0.377 e. The number of carbonyl (C=O) groups excluding carboxylic acids is 1. The summed E-state index contributed by atoms with van der Waals surface area (Å²) in [5, 5.41) is 0. The van der Waals surface area contributed by atoms with Crippen molar-refractivity contribution in [1.29, 1.82) is 0 Å². The predicted molar refractivity (Wildman–Crippen MR) is 134 cm³/mol. The standard InChI is InChI=1S/C26H29FN2O4S2/c1-20-9-14-24(34-20)18-28(16-21-10-12-22(27)13-11-21)26(30)19-29(17-23-6-5-15-33-23)35(31,32)25-7-3-2-4-8-25/h2-4,7-14,23H,5-6,15-19H2,1H3/t23-/m0/s1. The molecule has 9 heteroatoms. The van der Waals surface area contributed by atoms with Crippen molar-refractivity contribution in [2.75, 3.05) is 19.7 Å². The van der Waals surface area contributed by atoms with E-state index < -0.39 is 10.0 Å². The predicted octanol–water partition coefficient (Wildman–Crippen LogP) is 4.59. The zero-order valence-corrected chi connectivity index (χ0v) is 21.2. The Kier molecular flexibility index (Phi) is 8.33. The van der Waals surface area contributed by atoms with E-state index in [1.54, 1.807) is 46.6 Å². The summed E-state index contributed by atoms with van der Waals surface area (Å²) in [5.74, 6) is -0.671. The smallest absolute Gasteiger partial charge is 0.243 e. The molecule has 1 aromatic heterocycles. The highest BCUT2D eigenvalue weighted by Gasteiger charge is 2.32. The zero-order chi connectivity index (χ0) is 24.8. The third-order valence-electron chi connectivity index (χ3n) is 5.91. The fraction of sp³-hybridized carbons (Fsp3) is 0.346. The van der Waals surface area contributed by atoms with Crippen LogP contribution in [-0.2, 0) is 32.6 Å². The molecule has 1 saturated heterocycles. The largest absolute Gasteiger partial charge is 0.377 e. The molecule has 35 heavy (non-hydrogen) atoms. The van der Waals surface area contributed by atoms with E-state index in [4.69, 9.17) is 4.74 Å². The van der Waals surface area contributed by atoms with Crippen LogP contribution in [0.3, 0.4) is 0 Å². The number of aryl methyl sites for hydroxylation is 1. The Bertz CT molecular complexity index is 1220. The molecule has 0 spiro atoms. The van der Waals surface area contributed by atoms with E-state index in [1.165, 1.54) is 28.6 Å². The summed E-state index contributed by atoms with van der Waals surface area (Å²) in [5.41, 5.74) is 0.768. The van der Waals surface area contributed by atoms with Gasteiger partial charge in [-0.3, -0.25) is 4.79 Å². The lowest BCUT2D eigenvalue weighted by molar-refractivity contribution is -0.132. The van der Waals surface area contributed by atoms with Gasteiger partial charge in [0.25, 0.3) is 0 Å². The van der Waals surface area contributed by atoms with Crippen LogP contribution in [0.15, 0.2) is 71.6 Å². The van der Waals surface area contributed by atoms with Crippen LogP contribution in [0.2, 0.25) is 0 Å². The number of nitrogens with zero attached hydrogens (tertiary/aromatic N) is 2. The topological polar surface area (TPSA) is 66.9 Å². The third-order valence-corrected chi connectivity index (χ3v) is 8.72. The van der Waals surface area contributed by atoms with Crippen LogP contribution in [0, 0.1) is 12.7 Å². The van der Waals surface area contributed by atoms with Crippen molar-refractivity contribution in [1.82, 2.24) is 9.21 Å². The molecule has 3 aromatic rings. The number of thiophene rings is 1. The average molecular weight is 517 g/mol. The molecule has 1 aliphatic heterocycles. The number of amides is 1. The van der Waals surface area contributed by atoms with E-state index in [1.807, 2.05) is 19.1 Å². The molecule has 0 aliphatic carbocycles. The molecule has 1 amide bonds. The fourth-order valence-corrected chi connectivity index (χ4v) is 6.40. The first-order chi connectivity index (χ1) is 16.8. The lowest BCUT2D eigenvalue weighted by Gasteiger charge is -2.28. The van der Waals surface area contributed by atoms with E-state index in [0.29, 0.717) is 13.2 Å². The summed E-state index contributed by atoms with van der Waals surface area (Å²) < 4.78 is 47.3. The first kappa shape index (κ1) is 25.5. The van der Waals surface area contributed by atoms with Gasteiger partial charge in [0.2, 0.25) is 15.9 Å². The Balaban J connectivity index is 1.59. The molecule has 2 heterocycles. The summed E-state index contributed by atoms with van der Waals surface area (Å²) in [6.45, 7) is 2.99. The Morgan fingerprint density at radius 3 is 2.43 bits per heavy atom. The maximum Gasteiger partial charge on any atom is 0.243 e. The maximum atomic E-state index is 13.6. The van der Waals surface area contributed by atoms with Crippen molar-refractivity contribution in [3.05, 3.63) is 87.9 Å². The molecule has 4 rings (SSSR count). The summed E-state index contributed by atoms with van der Waals surface area (Å²) >= 11 is 1.59. The molecular weight excluding hydrogens is 487 g/mol. The summed E-state index contributed by atoms with van der Waals surface area (Å²) in [7, 11) is -3.91. The van der Waals surface area contributed by atoms with Gasteiger partial charge in [-0.15, -0.1) is 11.3 Å². The second-order valence-electron chi connectivity index (χ2n) is 8.63. The van der Waals surface area contributed by atoms with Gasteiger partial charge in [-0.25, -0.2) is 12.8 Å². The van der Waals surface area contributed by atoms with Gasteiger partial charge in [0.1, 0.15) is 5.82 Å². The van der Waals surface area contributed by atoms with Gasteiger partial charge in [-0.05, 0) is 61.7 Å². The van der Waals surface area contributed by atoms with E-state index in [2.05, 4.69) is 0 Å². The number of hydrogen-bond donors (Lipinski definition) is 0. The molecule has 0 bridgehead atoms.